The van der Waals surface area contributed by atoms with E-state index in [2.05, 4.69) is 15.3 Å². The van der Waals surface area contributed by atoms with Crippen molar-refractivity contribution in [1.29, 1.82) is 0 Å². The summed E-state index contributed by atoms with van der Waals surface area (Å²) in [5.74, 6) is -0.0680. The Morgan fingerprint density at radius 2 is 1.92 bits per heavy atom. The van der Waals surface area contributed by atoms with Crippen LogP contribution in [0.5, 0.6) is 0 Å². The quantitative estimate of drug-likeness (QED) is 0.805. The fourth-order valence-corrected chi connectivity index (χ4v) is 3.43. The first-order valence-electron chi connectivity index (χ1n) is 8.54. The highest BCUT2D eigenvalue weighted by Crippen LogP contribution is 2.21. The van der Waals surface area contributed by atoms with E-state index in [0.717, 1.165) is 35.6 Å². The van der Waals surface area contributed by atoms with Crippen molar-refractivity contribution in [2.24, 2.45) is 0 Å². The Bertz CT molecular complexity index is 733. The van der Waals surface area contributed by atoms with E-state index >= 15 is 0 Å². The molecule has 0 saturated carbocycles. The van der Waals surface area contributed by atoms with Crippen molar-refractivity contribution in [3.8, 4) is 0 Å². The van der Waals surface area contributed by atoms with Crippen LogP contribution in [0.1, 0.15) is 42.0 Å². The molecule has 2 heterocycles. The number of fused-ring (bicyclic) bond motifs is 1. The first-order chi connectivity index (χ1) is 11.9. The Hall–Kier alpha value is -2.51. The number of rotatable bonds is 4. The standard InChI is InChI=1S/C17H23N5O3/c1-10-11-6-4-5-7-12(11)20-14(19-10)9-18-15(23)8-13-16(24)22(3)17(25)21(13)2/h13H,4-9H2,1-3H3,(H,18,23)/t13-/m0/s1. The zero-order chi connectivity index (χ0) is 18.1. The van der Waals surface area contributed by atoms with E-state index in [-0.39, 0.29) is 24.8 Å². The summed E-state index contributed by atoms with van der Waals surface area (Å²) in [6, 6.07) is -1.14. The zero-order valence-electron chi connectivity index (χ0n) is 14.8. The summed E-state index contributed by atoms with van der Waals surface area (Å²) >= 11 is 0. The molecule has 1 aromatic heterocycles. The van der Waals surface area contributed by atoms with Crippen LogP contribution in [0.3, 0.4) is 0 Å². The summed E-state index contributed by atoms with van der Waals surface area (Å²) in [6.07, 6.45) is 4.21. The SMILES string of the molecule is Cc1nc(CNC(=O)C[C@H]2C(=O)N(C)C(=O)N2C)nc2c1CCCC2. The zero-order valence-corrected chi connectivity index (χ0v) is 14.8. The predicted octanol–water partition coefficient (Wildman–Crippen LogP) is 0.563. The van der Waals surface area contributed by atoms with E-state index < -0.39 is 12.1 Å². The smallest absolute Gasteiger partial charge is 0.326 e. The van der Waals surface area contributed by atoms with Crippen molar-refractivity contribution in [3.05, 3.63) is 22.8 Å². The minimum Gasteiger partial charge on any atom is -0.349 e. The third-order valence-electron chi connectivity index (χ3n) is 4.93. The van der Waals surface area contributed by atoms with Gasteiger partial charge in [0.05, 0.1) is 13.0 Å². The minimum atomic E-state index is -0.747. The van der Waals surface area contributed by atoms with E-state index in [4.69, 9.17) is 0 Å². The molecule has 8 nitrogen and oxygen atoms in total. The van der Waals surface area contributed by atoms with Gasteiger partial charge < -0.3 is 10.2 Å². The summed E-state index contributed by atoms with van der Waals surface area (Å²) in [6.45, 7) is 2.20. The lowest BCUT2D eigenvalue weighted by molar-refractivity contribution is -0.131. The summed E-state index contributed by atoms with van der Waals surface area (Å²) in [4.78, 5) is 47.3. The Kier molecular flexibility index (Phi) is 4.69. The number of nitrogens with one attached hydrogen (secondary N) is 1. The van der Waals surface area contributed by atoms with Crippen LogP contribution >= 0.6 is 0 Å². The Balaban J connectivity index is 1.60. The van der Waals surface area contributed by atoms with Gasteiger partial charge in [0.25, 0.3) is 5.91 Å². The van der Waals surface area contributed by atoms with Crippen LogP contribution in [0, 0.1) is 6.92 Å². The van der Waals surface area contributed by atoms with E-state index in [1.165, 1.54) is 31.0 Å². The van der Waals surface area contributed by atoms with Crippen molar-refractivity contribution < 1.29 is 14.4 Å². The van der Waals surface area contributed by atoms with Crippen LogP contribution in [0.2, 0.25) is 0 Å². The highest BCUT2D eigenvalue weighted by Gasteiger charge is 2.41. The lowest BCUT2D eigenvalue weighted by Gasteiger charge is -2.18. The highest BCUT2D eigenvalue weighted by molar-refractivity contribution is 6.05. The van der Waals surface area contributed by atoms with Crippen molar-refractivity contribution >= 4 is 17.8 Å². The molecule has 1 aliphatic heterocycles. The number of imide groups is 1. The normalized spacial score (nSPS) is 20.0. The van der Waals surface area contributed by atoms with E-state index in [1.807, 2.05) is 6.92 Å². The molecule has 8 heteroatoms. The maximum Gasteiger partial charge on any atom is 0.326 e. The van der Waals surface area contributed by atoms with E-state index in [9.17, 15) is 14.4 Å². The van der Waals surface area contributed by atoms with Gasteiger partial charge in [0.15, 0.2) is 0 Å². The summed E-state index contributed by atoms with van der Waals surface area (Å²) in [7, 11) is 2.94. The third-order valence-corrected chi connectivity index (χ3v) is 4.93. The van der Waals surface area contributed by atoms with Crippen LogP contribution in [-0.2, 0) is 29.0 Å². The van der Waals surface area contributed by atoms with Crippen molar-refractivity contribution in [2.75, 3.05) is 14.1 Å². The number of hydrogen-bond acceptors (Lipinski definition) is 5. The summed E-state index contributed by atoms with van der Waals surface area (Å²) in [5.41, 5.74) is 3.30. The molecule has 1 atom stereocenters. The van der Waals surface area contributed by atoms with Gasteiger partial charge in [0.2, 0.25) is 5.91 Å². The van der Waals surface area contributed by atoms with Crippen LogP contribution < -0.4 is 5.32 Å². The Morgan fingerprint density at radius 3 is 2.60 bits per heavy atom. The second kappa shape index (κ2) is 6.78. The second-order valence-electron chi connectivity index (χ2n) is 6.64. The number of carbonyl (C=O) groups excluding carboxylic acids is 3. The number of amides is 4. The molecule has 1 aliphatic carbocycles. The number of likely N-dealkylation sites (N-methyl/N-ethyl adjacent to an activating group) is 2. The summed E-state index contributed by atoms with van der Waals surface area (Å²) in [5, 5.41) is 2.76. The molecular formula is C17H23N5O3. The lowest BCUT2D eigenvalue weighted by atomic mass is 9.95. The predicted molar refractivity (Wildman–Crippen MR) is 89.6 cm³/mol. The van der Waals surface area contributed by atoms with Gasteiger partial charge in [-0.2, -0.15) is 0 Å². The number of carbonyl (C=O) groups is 3. The monoisotopic (exact) mass is 345 g/mol. The Morgan fingerprint density at radius 1 is 1.20 bits per heavy atom. The van der Waals surface area contributed by atoms with Gasteiger partial charge in [-0.05, 0) is 38.2 Å². The lowest BCUT2D eigenvalue weighted by Crippen LogP contribution is -2.37. The first kappa shape index (κ1) is 17.3. The molecule has 1 aromatic rings. The van der Waals surface area contributed by atoms with Crippen molar-refractivity contribution in [1.82, 2.24) is 25.1 Å². The van der Waals surface area contributed by atoms with Gasteiger partial charge in [-0.1, -0.05) is 0 Å². The molecule has 0 spiro atoms. The summed E-state index contributed by atoms with van der Waals surface area (Å²) < 4.78 is 0. The third kappa shape index (κ3) is 3.33. The molecule has 3 rings (SSSR count). The number of urea groups is 1. The molecule has 2 aliphatic rings. The average Bonchev–Trinajstić information content (AvgIpc) is 2.78. The van der Waals surface area contributed by atoms with Gasteiger partial charge in [0, 0.05) is 25.5 Å². The molecule has 25 heavy (non-hydrogen) atoms. The van der Waals surface area contributed by atoms with Crippen LogP contribution in [0.4, 0.5) is 4.79 Å². The number of aromatic nitrogens is 2. The van der Waals surface area contributed by atoms with Crippen molar-refractivity contribution in [2.45, 2.75) is 51.6 Å². The molecule has 4 amide bonds. The largest absolute Gasteiger partial charge is 0.349 e. The van der Waals surface area contributed by atoms with Crippen LogP contribution in [0.15, 0.2) is 0 Å². The number of hydrogen-bond donors (Lipinski definition) is 1. The highest BCUT2D eigenvalue weighted by atomic mass is 16.2. The second-order valence-corrected chi connectivity index (χ2v) is 6.64. The topological polar surface area (TPSA) is 95.5 Å². The average molecular weight is 345 g/mol. The fraction of sp³-hybridized carbons (Fsp3) is 0.588. The van der Waals surface area contributed by atoms with Gasteiger partial charge in [-0.3, -0.25) is 14.5 Å². The molecule has 0 unspecified atom stereocenters. The minimum absolute atomic E-state index is 0.0602. The molecule has 0 aromatic carbocycles. The van der Waals surface area contributed by atoms with E-state index in [0.29, 0.717) is 5.82 Å². The van der Waals surface area contributed by atoms with Gasteiger partial charge in [-0.25, -0.2) is 14.8 Å². The fourth-order valence-electron chi connectivity index (χ4n) is 3.43. The number of aryl methyl sites for hydroxylation is 2. The molecule has 1 fully saturated rings. The molecule has 134 valence electrons. The molecule has 1 N–H and O–H groups in total. The maximum atomic E-state index is 12.2. The number of nitrogens with zero attached hydrogens (tertiary/aromatic N) is 4. The van der Waals surface area contributed by atoms with E-state index in [1.54, 1.807) is 0 Å². The van der Waals surface area contributed by atoms with Crippen molar-refractivity contribution in [3.63, 3.8) is 0 Å². The first-order valence-corrected chi connectivity index (χ1v) is 8.54. The van der Waals surface area contributed by atoms with Gasteiger partial charge >= 0.3 is 6.03 Å². The van der Waals surface area contributed by atoms with Gasteiger partial charge in [-0.15, -0.1) is 0 Å². The van der Waals surface area contributed by atoms with Crippen LogP contribution in [-0.4, -0.2) is 57.8 Å². The van der Waals surface area contributed by atoms with Crippen LogP contribution in [0.25, 0.3) is 0 Å². The maximum absolute atomic E-state index is 12.2. The molecule has 1 saturated heterocycles. The molecule has 0 radical (unpaired) electrons. The van der Waals surface area contributed by atoms with Gasteiger partial charge in [0.1, 0.15) is 11.9 Å². The molecule has 0 bridgehead atoms. The molecular weight excluding hydrogens is 322 g/mol. The Labute approximate surface area is 146 Å².